The highest BCUT2D eigenvalue weighted by atomic mass is 16.7. The fraction of sp³-hybridized carbons (Fsp3) is 0.375. The molecule has 0 saturated heterocycles. The maximum atomic E-state index is 13.5. The minimum atomic E-state index is -0.444. The highest BCUT2D eigenvalue weighted by molar-refractivity contribution is 5.96. The van der Waals surface area contributed by atoms with Crippen LogP contribution in [0, 0.1) is 12.3 Å². The summed E-state index contributed by atoms with van der Waals surface area (Å²) in [5.74, 6) is 1.45. The molecule has 3 aromatic carbocycles. The number of aryl methyl sites for hydroxylation is 1. The van der Waals surface area contributed by atoms with E-state index in [1.54, 1.807) is 12.1 Å². The number of hydrogen-bond acceptors (Lipinski definition) is 5. The van der Waals surface area contributed by atoms with Crippen molar-refractivity contribution in [3.63, 3.8) is 0 Å². The van der Waals surface area contributed by atoms with Crippen LogP contribution in [-0.2, 0) is 16.6 Å². The maximum Gasteiger partial charge on any atom is 0.251 e. The van der Waals surface area contributed by atoms with E-state index in [0.717, 1.165) is 46.4 Å². The number of ketones is 1. The first-order chi connectivity index (χ1) is 18.1. The molecular weight excluding hydrogens is 478 g/mol. The van der Waals surface area contributed by atoms with Crippen molar-refractivity contribution in [3.05, 3.63) is 82.9 Å². The number of aliphatic hydroxyl groups is 1. The third-order valence-electron chi connectivity index (χ3n) is 7.87. The van der Waals surface area contributed by atoms with Gasteiger partial charge in [-0.3, -0.25) is 9.59 Å². The first-order valence-electron chi connectivity index (χ1n) is 13.2. The van der Waals surface area contributed by atoms with E-state index in [-0.39, 0.29) is 36.5 Å². The Morgan fingerprint density at radius 2 is 1.68 bits per heavy atom. The van der Waals surface area contributed by atoms with Crippen LogP contribution in [-0.4, -0.2) is 36.2 Å². The Kier molecular flexibility index (Phi) is 6.78. The quantitative estimate of drug-likeness (QED) is 0.423. The third-order valence-corrected chi connectivity index (χ3v) is 7.87. The number of carbonyl (C=O) groups excluding carboxylic acids is 2. The van der Waals surface area contributed by atoms with Crippen LogP contribution in [0.15, 0.2) is 60.7 Å². The van der Waals surface area contributed by atoms with E-state index in [1.807, 2.05) is 70.2 Å². The fourth-order valence-electron chi connectivity index (χ4n) is 5.07. The van der Waals surface area contributed by atoms with Gasteiger partial charge in [0.15, 0.2) is 11.5 Å². The van der Waals surface area contributed by atoms with E-state index >= 15 is 0 Å². The Labute approximate surface area is 224 Å². The molecule has 1 aliphatic carbocycles. The molecular formula is C32H35NO5. The standard InChI is InChI=1S/C32H35NO5/c1-20-5-6-21(16-29(35)32(13-14-32)24-11-12-26-27(17-24)38-19-37-26)15-25(20)22-7-9-23(10-8-22)30(36)33-28(18-34)31(2,3)4/h5-12,15,17,28,34H,13-14,16,18-19H2,1-4H3,(H,33,36)/t28-/m1/s1. The van der Waals surface area contributed by atoms with Gasteiger partial charge in [-0.05, 0) is 77.3 Å². The number of benzene rings is 3. The van der Waals surface area contributed by atoms with E-state index in [1.165, 1.54) is 0 Å². The van der Waals surface area contributed by atoms with Crippen molar-refractivity contribution in [2.24, 2.45) is 5.41 Å². The van der Waals surface area contributed by atoms with Gasteiger partial charge in [-0.1, -0.05) is 57.2 Å². The minimum absolute atomic E-state index is 0.117. The van der Waals surface area contributed by atoms with Crippen LogP contribution in [0.2, 0.25) is 0 Å². The molecule has 1 fully saturated rings. The van der Waals surface area contributed by atoms with Gasteiger partial charge in [0.1, 0.15) is 5.78 Å². The summed E-state index contributed by atoms with van der Waals surface area (Å²) in [6.07, 6.45) is 2.05. The Morgan fingerprint density at radius 1 is 0.974 bits per heavy atom. The molecule has 2 aliphatic rings. The Balaban J connectivity index is 1.31. The van der Waals surface area contributed by atoms with Gasteiger partial charge in [0.25, 0.3) is 5.91 Å². The van der Waals surface area contributed by atoms with Crippen LogP contribution in [0.25, 0.3) is 11.1 Å². The molecule has 38 heavy (non-hydrogen) atoms. The summed E-state index contributed by atoms with van der Waals surface area (Å²) >= 11 is 0. The zero-order valence-corrected chi connectivity index (χ0v) is 22.5. The van der Waals surface area contributed by atoms with Gasteiger partial charge >= 0.3 is 0 Å². The van der Waals surface area contributed by atoms with Crippen LogP contribution in [0.3, 0.4) is 0 Å². The summed E-state index contributed by atoms with van der Waals surface area (Å²) in [5.41, 5.74) is 4.95. The van der Waals surface area contributed by atoms with Crippen LogP contribution in [0.1, 0.15) is 60.7 Å². The number of amides is 1. The normalized spacial score (nSPS) is 16.1. The van der Waals surface area contributed by atoms with Gasteiger partial charge in [-0.15, -0.1) is 0 Å². The Hall–Kier alpha value is -3.64. The molecule has 0 spiro atoms. The second-order valence-corrected chi connectivity index (χ2v) is 11.6. The van der Waals surface area contributed by atoms with Crippen molar-refractivity contribution in [1.82, 2.24) is 5.32 Å². The summed E-state index contributed by atoms with van der Waals surface area (Å²) in [6.45, 7) is 8.10. The molecule has 0 aromatic heterocycles. The number of nitrogens with one attached hydrogen (secondary N) is 1. The van der Waals surface area contributed by atoms with Crippen molar-refractivity contribution < 1.29 is 24.2 Å². The maximum absolute atomic E-state index is 13.5. The lowest BCUT2D eigenvalue weighted by atomic mass is 9.86. The van der Waals surface area contributed by atoms with E-state index in [4.69, 9.17) is 9.47 Å². The van der Waals surface area contributed by atoms with Crippen molar-refractivity contribution in [2.45, 2.75) is 58.4 Å². The zero-order chi connectivity index (χ0) is 27.1. The third kappa shape index (κ3) is 5.05. The molecule has 2 N–H and O–H groups in total. The van der Waals surface area contributed by atoms with E-state index in [2.05, 4.69) is 11.4 Å². The smallest absolute Gasteiger partial charge is 0.251 e. The molecule has 1 saturated carbocycles. The summed E-state index contributed by atoms with van der Waals surface area (Å²) < 4.78 is 11.0. The molecule has 0 radical (unpaired) electrons. The van der Waals surface area contributed by atoms with Crippen molar-refractivity contribution in [1.29, 1.82) is 0 Å². The molecule has 3 aromatic rings. The lowest BCUT2D eigenvalue weighted by molar-refractivity contribution is -0.120. The van der Waals surface area contributed by atoms with Crippen molar-refractivity contribution in [2.75, 3.05) is 13.4 Å². The van der Waals surface area contributed by atoms with Gasteiger partial charge in [0.2, 0.25) is 6.79 Å². The molecule has 1 atom stereocenters. The number of Topliss-reactive ketones (excluding diaryl/α,β-unsaturated/α-hetero) is 1. The number of aliphatic hydroxyl groups excluding tert-OH is 1. The number of rotatable bonds is 8. The fourth-order valence-corrected chi connectivity index (χ4v) is 5.07. The zero-order valence-electron chi connectivity index (χ0n) is 22.5. The average molecular weight is 514 g/mol. The van der Waals surface area contributed by atoms with E-state index in [9.17, 15) is 14.7 Å². The van der Waals surface area contributed by atoms with Crippen molar-refractivity contribution in [3.8, 4) is 22.6 Å². The molecule has 198 valence electrons. The van der Waals surface area contributed by atoms with Gasteiger partial charge in [-0.2, -0.15) is 0 Å². The molecule has 5 rings (SSSR count). The van der Waals surface area contributed by atoms with Gasteiger partial charge in [0.05, 0.1) is 18.1 Å². The topological polar surface area (TPSA) is 84.9 Å². The lowest BCUT2D eigenvalue weighted by Gasteiger charge is -2.29. The summed E-state index contributed by atoms with van der Waals surface area (Å²) in [7, 11) is 0. The largest absolute Gasteiger partial charge is 0.454 e. The number of ether oxygens (including phenoxy) is 2. The highest BCUT2D eigenvalue weighted by Gasteiger charge is 2.50. The lowest BCUT2D eigenvalue weighted by Crippen LogP contribution is -2.46. The minimum Gasteiger partial charge on any atom is -0.454 e. The first kappa shape index (κ1) is 26.0. The predicted octanol–water partition coefficient (Wildman–Crippen LogP) is 5.37. The summed E-state index contributed by atoms with van der Waals surface area (Å²) in [6, 6.07) is 19.1. The predicted molar refractivity (Wildman–Crippen MR) is 147 cm³/mol. The summed E-state index contributed by atoms with van der Waals surface area (Å²) in [5, 5.41) is 12.6. The summed E-state index contributed by atoms with van der Waals surface area (Å²) in [4.78, 5) is 26.3. The van der Waals surface area contributed by atoms with Crippen LogP contribution in [0.4, 0.5) is 0 Å². The van der Waals surface area contributed by atoms with Gasteiger partial charge in [-0.25, -0.2) is 0 Å². The SMILES string of the molecule is Cc1ccc(CC(=O)C2(c3ccc4c(c3)OCO4)CC2)cc1-c1ccc(C(=O)N[C@H](CO)C(C)(C)C)cc1. The Bertz CT molecular complexity index is 1370. The number of hydrogen-bond donors (Lipinski definition) is 2. The first-order valence-corrected chi connectivity index (χ1v) is 13.2. The second kappa shape index (κ2) is 9.91. The molecule has 0 unspecified atom stereocenters. The van der Waals surface area contributed by atoms with Crippen molar-refractivity contribution >= 4 is 11.7 Å². The molecule has 6 nitrogen and oxygen atoms in total. The van der Waals surface area contributed by atoms with E-state index < -0.39 is 5.41 Å². The Morgan fingerprint density at radius 3 is 2.34 bits per heavy atom. The molecule has 1 aliphatic heterocycles. The molecule has 0 bridgehead atoms. The highest BCUT2D eigenvalue weighted by Crippen LogP contribution is 2.51. The van der Waals surface area contributed by atoms with Crippen LogP contribution >= 0.6 is 0 Å². The number of carbonyl (C=O) groups is 2. The van der Waals surface area contributed by atoms with Crippen LogP contribution in [0.5, 0.6) is 11.5 Å². The molecule has 1 heterocycles. The van der Waals surface area contributed by atoms with Gasteiger partial charge < -0.3 is 19.9 Å². The average Bonchev–Trinajstić information content (AvgIpc) is 3.58. The number of fused-ring (bicyclic) bond motifs is 1. The molecule has 6 heteroatoms. The van der Waals surface area contributed by atoms with Crippen LogP contribution < -0.4 is 14.8 Å². The second-order valence-electron chi connectivity index (χ2n) is 11.6. The monoisotopic (exact) mass is 513 g/mol. The van der Waals surface area contributed by atoms with E-state index in [0.29, 0.717) is 17.7 Å². The van der Waals surface area contributed by atoms with Gasteiger partial charge in [0, 0.05) is 12.0 Å². The molecule has 1 amide bonds.